The molecule has 162 valence electrons. The number of hydrogen-bond donors (Lipinski definition) is 1. The minimum atomic E-state index is -0.179. The summed E-state index contributed by atoms with van der Waals surface area (Å²) in [5.41, 5.74) is 2.73. The minimum Gasteiger partial charge on any atom is -0.497 e. The number of rotatable bonds is 8. The molecule has 4 aromatic rings. The highest BCUT2D eigenvalue weighted by Crippen LogP contribution is 2.35. The number of para-hydroxylation sites is 1. The number of nitrogens with zero attached hydrogens (tertiary/aromatic N) is 3. The van der Waals surface area contributed by atoms with Crippen LogP contribution in [0, 0.1) is 0 Å². The second kappa shape index (κ2) is 10.2. The number of carbonyl (C=O) groups is 1. The molecule has 32 heavy (non-hydrogen) atoms. The Hall–Kier alpha value is -3.58. The molecule has 0 spiro atoms. The molecule has 0 aliphatic carbocycles. The Labute approximate surface area is 191 Å². The van der Waals surface area contributed by atoms with Crippen molar-refractivity contribution in [2.24, 2.45) is 0 Å². The molecule has 7 heteroatoms. The summed E-state index contributed by atoms with van der Waals surface area (Å²) < 4.78 is 7.15. The van der Waals surface area contributed by atoms with Crippen molar-refractivity contribution >= 4 is 17.7 Å². The zero-order valence-corrected chi connectivity index (χ0v) is 18.8. The van der Waals surface area contributed by atoms with Crippen LogP contribution in [0.3, 0.4) is 0 Å². The van der Waals surface area contributed by atoms with E-state index >= 15 is 0 Å². The Morgan fingerprint density at radius 1 is 0.969 bits per heavy atom. The molecule has 1 atom stereocenters. The molecule has 4 rings (SSSR count). The fourth-order valence-corrected chi connectivity index (χ4v) is 4.30. The Bertz CT molecular complexity index is 1160. The van der Waals surface area contributed by atoms with E-state index in [-0.39, 0.29) is 17.7 Å². The number of ether oxygens (including phenoxy) is 1. The first-order valence-corrected chi connectivity index (χ1v) is 11.2. The van der Waals surface area contributed by atoms with Crippen LogP contribution < -0.4 is 10.1 Å². The molecule has 0 bridgehead atoms. The number of hydrogen-bond acceptors (Lipinski definition) is 5. The van der Waals surface area contributed by atoms with E-state index in [1.807, 2.05) is 53.1 Å². The number of nitrogens with one attached hydrogen (secondary N) is 1. The second-order valence-corrected chi connectivity index (χ2v) is 8.46. The van der Waals surface area contributed by atoms with Gasteiger partial charge in [0.05, 0.1) is 13.7 Å². The van der Waals surface area contributed by atoms with Crippen LogP contribution in [0.2, 0.25) is 0 Å². The highest BCUT2D eigenvalue weighted by atomic mass is 32.2. The van der Waals surface area contributed by atoms with Gasteiger partial charge in [-0.25, -0.2) is 0 Å². The smallest absolute Gasteiger partial charge is 0.251 e. The van der Waals surface area contributed by atoms with Gasteiger partial charge >= 0.3 is 0 Å². The van der Waals surface area contributed by atoms with Crippen molar-refractivity contribution in [3.63, 3.8) is 0 Å². The Kier molecular flexibility index (Phi) is 6.87. The van der Waals surface area contributed by atoms with Crippen LogP contribution in [0.4, 0.5) is 0 Å². The van der Waals surface area contributed by atoms with E-state index in [1.165, 1.54) is 5.56 Å². The number of thioether (sulfide) groups is 1. The van der Waals surface area contributed by atoms with Gasteiger partial charge in [-0.2, -0.15) is 0 Å². The van der Waals surface area contributed by atoms with Gasteiger partial charge in [0.15, 0.2) is 11.0 Å². The molecule has 1 N–H and O–H groups in total. The van der Waals surface area contributed by atoms with E-state index in [0.717, 1.165) is 10.8 Å². The molecule has 0 saturated heterocycles. The third kappa shape index (κ3) is 5.00. The van der Waals surface area contributed by atoms with E-state index in [2.05, 4.69) is 34.6 Å². The summed E-state index contributed by atoms with van der Waals surface area (Å²) in [6.45, 7) is 2.40. The highest BCUT2D eigenvalue weighted by molar-refractivity contribution is 7.99. The zero-order valence-electron chi connectivity index (χ0n) is 17.9. The summed E-state index contributed by atoms with van der Waals surface area (Å²) in [5, 5.41) is 12.8. The fourth-order valence-electron chi connectivity index (χ4n) is 3.28. The zero-order chi connectivity index (χ0) is 22.3. The molecule has 0 aliphatic heterocycles. The van der Waals surface area contributed by atoms with Gasteiger partial charge in [0.1, 0.15) is 5.75 Å². The van der Waals surface area contributed by atoms with Gasteiger partial charge in [-0.1, -0.05) is 60.3 Å². The first-order valence-electron chi connectivity index (χ1n) is 10.3. The maximum Gasteiger partial charge on any atom is 0.251 e. The van der Waals surface area contributed by atoms with Crippen LogP contribution in [-0.4, -0.2) is 27.8 Å². The van der Waals surface area contributed by atoms with Gasteiger partial charge in [0.2, 0.25) is 0 Å². The molecule has 0 aliphatic rings. The summed E-state index contributed by atoms with van der Waals surface area (Å²) in [4.78, 5) is 12.6. The van der Waals surface area contributed by atoms with Crippen LogP contribution in [0.15, 0.2) is 90.1 Å². The number of benzene rings is 3. The first-order chi connectivity index (χ1) is 15.7. The molecule has 3 aromatic carbocycles. The third-order valence-corrected chi connectivity index (χ3v) is 6.13. The SMILES string of the molecule is COc1ccc(C(=O)NCc2nnc(SC(C)c3ccccc3)n2-c2ccccc2)cc1. The van der Waals surface area contributed by atoms with Gasteiger partial charge in [-0.3, -0.25) is 9.36 Å². The van der Waals surface area contributed by atoms with Crippen molar-refractivity contribution < 1.29 is 9.53 Å². The molecule has 1 aromatic heterocycles. The van der Waals surface area contributed by atoms with Gasteiger partial charge in [0.25, 0.3) is 5.91 Å². The molecular formula is C25H24N4O2S. The lowest BCUT2D eigenvalue weighted by molar-refractivity contribution is 0.0949. The topological polar surface area (TPSA) is 69.0 Å². The molecule has 0 radical (unpaired) electrons. The summed E-state index contributed by atoms with van der Waals surface area (Å²) >= 11 is 1.64. The summed E-state index contributed by atoms with van der Waals surface area (Å²) in [5.74, 6) is 1.20. The third-order valence-electron chi connectivity index (χ3n) is 5.03. The van der Waals surface area contributed by atoms with Gasteiger partial charge in [-0.15, -0.1) is 10.2 Å². The maximum absolute atomic E-state index is 12.6. The van der Waals surface area contributed by atoms with Crippen molar-refractivity contribution in [3.8, 4) is 11.4 Å². The van der Waals surface area contributed by atoms with Crippen molar-refractivity contribution in [3.05, 3.63) is 102 Å². The standard InChI is InChI=1S/C25H24N4O2S/c1-18(19-9-5-3-6-10-19)32-25-28-27-23(29(25)21-11-7-4-8-12-21)17-26-24(30)20-13-15-22(31-2)16-14-20/h3-16,18H,17H2,1-2H3,(H,26,30). The van der Waals surface area contributed by atoms with Crippen LogP contribution in [-0.2, 0) is 6.54 Å². The Balaban J connectivity index is 1.55. The van der Waals surface area contributed by atoms with E-state index < -0.39 is 0 Å². The number of aromatic nitrogens is 3. The van der Waals surface area contributed by atoms with Crippen molar-refractivity contribution in [2.45, 2.75) is 23.9 Å². The average Bonchev–Trinajstić information content (AvgIpc) is 3.25. The number of carbonyl (C=O) groups excluding carboxylic acids is 1. The Morgan fingerprint density at radius 2 is 1.62 bits per heavy atom. The molecule has 0 saturated carbocycles. The molecule has 1 heterocycles. The maximum atomic E-state index is 12.6. The van der Waals surface area contributed by atoms with Gasteiger partial charge in [0, 0.05) is 16.5 Å². The lowest BCUT2D eigenvalue weighted by Crippen LogP contribution is -2.24. The Morgan fingerprint density at radius 3 is 2.28 bits per heavy atom. The van der Waals surface area contributed by atoms with E-state index in [4.69, 9.17) is 4.74 Å². The molecule has 1 amide bonds. The van der Waals surface area contributed by atoms with E-state index in [1.54, 1.807) is 43.1 Å². The summed E-state index contributed by atoms with van der Waals surface area (Å²) in [6, 6.07) is 27.2. The molecular weight excluding hydrogens is 420 g/mol. The van der Waals surface area contributed by atoms with Crippen molar-refractivity contribution in [1.82, 2.24) is 20.1 Å². The largest absolute Gasteiger partial charge is 0.497 e. The van der Waals surface area contributed by atoms with E-state index in [0.29, 0.717) is 17.1 Å². The van der Waals surface area contributed by atoms with Crippen LogP contribution in [0.1, 0.15) is 33.9 Å². The molecule has 1 unspecified atom stereocenters. The van der Waals surface area contributed by atoms with Gasteiger partial charge < -0.3 is 10.1 Å². The lowest BCUT2D eigenvalue weighted by Gasteiger charge is -2.14. The van der Waals surface area contributed by atoms with Crippen LogP contribution in [0.5, 0.6) is 5.75 Å². The molecule has 0 fully saturated rings. The fraction of sp³-hybridized carbons (Fsp3) is 0.160. The van der Waals surface area contributed by atoms with Crippen LogP contribution >= 0.6 is 11.8 Å². The average molecular weight is 445 g/mol. The van der Waals surface area contributed by atoms with Crippen molar-refractivity contribution in [1.29, 1.82) is 0 Å². The van der Waals surface area contributed by atoms with E-state index in [9.17, 15) is 4.79 Å². The number of amides is 1. The first kappa shape index (κ1) is 21.6. The van der Waals surface area contributed by atoms with Crippen molar-refractivity contribution in [2.75, 3.05) is 7.11 Å². The number of methoxy groups -OCH3 is 1. The predicted molar refractivity (Wildman–Crippen MR) is 126 cm³/mol. The quantitative estimate of drug-likeness (QED) is 0.385. The minimum absolute atomic E-state index is 0.179. The lowest BCUT2D eigenvalue weighted by atomic mass is 10.2. The predicted octanol–water partition coefficient (Wildman–Crippen LogP) is 5.06. The summed E-state index contributed by atoms with van der Waals surface area (Å²) in [7, 11) is 1.60. The van der Waals surface area contributed by atoms with Gasteiger partial charge in [-0.05, 0) is 48.9 Å². The highest BCUT2D eigenvalue weighted by Gasteiger charge is 2.18. The monoisotopic (exact) mass is 444 g/mol. The second-order valence-electron chi connectivity index (χ2n) is 7.15. The normalized spacial score (nSPS) is 11.7. The summed E-state index contributed by atoms with van der Waals surface area (Å²) in [6.07, 6.45) is 0. The molecule has 6 nitrogen and oxygen atoms in total. The van der Waals surface area contributed by atoms with Crippen LogP contribution in [0.25, 0.3) is 5.69 Å².